The molecule has 0 aliphatic carbocycles. The van der Waals surface area contributed by atoms with Gasteiger partial charge >= 0.3 is 163 Å². The topological polar surface area (TPSA) is 26.3 Å². The molecule has 0 heterocycles. The molecule has 0 aromatic heterocycles. The van der Waals surface area contributed by atoms with Gasteiger partial charge in [-0.2, -0.15) is 0 Å². The van der Waals surface area contributed by atoms with Gasteiger partial charge in [0.25, 0.3) is 0 Å². The van der Waals surface area contributed by atoms with E-state index in [-0.39, 0.29) is 5.97 Å². The molecule has 0 unspecified atom stereocenters. The van der Waals surface area contributed by atoms with Gasteiger partial charge in [0.1, 0.15) is 0 Å². The Hall–Kier alpha value is -2.44. The van der Waals surface area contributed by atoms with Gasteiger partial charge in [0.05, 0.1) is 0 Å². The molecule has 0 atom stereocenters. The van der Waals surface area contributed by atoms with Crippen LogP contribution in [0.1, 0.15) is 20.8 Å². The van der Waals surface area contributed by atoms with E-state index in [9.17, 15) is 4.79 Å². The van der Waals surface area contributed by atoms with Gasteiger partial charge in [-0.1, -0.05) is 0 Å². The minimum absolute atomic E-state index is 0.143. The van der Waals surface area contributed by atoms with E-state index < -0.39 is 7.26 Å². The number of rotatable bonds is 8. The van der Waals surface area contributed by atoms with Crippen molar-refractivity contribution < 1.29 is 9.53 Å². The van der Waals surface area contributed by atoms with Crippen molar-refractivity contribution in [1.29, 1.82) is 0 Å². The average Bonchev–Trinajstić information content (AvgIpc) is 2.69. The molecule has 2 rings (SSSR count). The third kappa shape index (κ3) is 5.77. The Balaban J connectivity index is 2.60. The Morgan fingerprint density at radius 3 is 2.04 bits per heavy atom. The second kappa shape index (κ2) is 10.6. The molecular formula is C24H29O2P. The molecule has 3 heteroatoms. The van der Waals surface area contributed by atoms with Gasteiger partial charge in [-0.05, 0) is 0 Å². The molecule has 0 fully saturated rings. The quantitative estimate of drug-likeness (QED) is 0.366. The number of carbonyl (C=O) groups is 1. The fourth-order valence-corrected chi connectivity index (χ4v) is 7.02. The number of benzene rings is 2. The van der Waals surface area contributed by atoms with Crippen molar-refractivity contribution in [2.75, 3.05) is 12.8 Å². The Labute approximate surface area is 163 Å². The van der Waals surface area contributed by atoms with Crippen LogP contribution in [0.2, 0.25) is 0 Å². The van der Waals surface area contributed by atoms with Crippen LogP contribution in [0.15, 0.2) is 96.4 Å². The van der Waals surface area contributed by atoms with E-state index in [0.29, 0.717) is 12.8 Å². The van der Waals surface area contributed by atoms with Gasteiger partial charge in [-0.3, -0.25) is 0 Å². The summed E-state index contributed by atoms with van der Waals surface area (Å²) in [6, 6.07) is 20.7. The molecular weight excluding hydrogens is 351 g/mol. The molecule has 0 saturated carbocycles. The van der Waals surface area contributed by atoms with Crippen molar-refractivity contribution in [3.8, 4) is 0 Å². The maximum atomic E-state index is 12.6. The van der Waals surface area contributed by atoms with Crippen molar-refractivity contribution in [3.63, 3.8) is 0 Å². The maximum absolute atomic E-state index is 12.6. The molecule has 142 valence electrons. The van der Waals surface area contributed by atoms with Crippen LogP contribution < -0.4 is 10.6 Å². The van der Waals surface area contributed by atoms with E-state index in [1.807, 2.05) is 56.3 Å². The number of esters is 1. The number of ether oxygens (including phenoxy) is 1. The van der Waals surface area contributed by atoms with Gasteiger partial charge < -0.3 is 0 Å². The van der Waals surface area contributed by atoms with Crippen molar-refractivity contribution in [1.82, 2.24) is 0 Å². The summed E-state index contributed by atoms with van der Waals surface area (Å²) in [6.07, 6.45) is 8.68. The Morgan fingerprint density at radius 2 is 1.56 bits per heavy atom. The first kappa shape index (κ1) is 20.9. The average molecular weight is 380 g/mol. The van der Waals surface area contributed by atoms with Crippen LogP contribution in [0, 0.1) is 0 Å². The van der Waals surface area contributed by atoms with Gasteiger partial charge in [0, 0.05) is 0 Å². The fourth-order valence-electron chi connectivity index (χ4n) is 3.22. The molecule has 0 bridgehead atoms. The second-order valence-corrected chi connectivity index (χ2v) is 10.2. The summed E-state index contributed by atoms with van der Waals surface area (Å²) in [6.45, 7) is 6.33. The molecule has 0 saturated heterocycles. The van der Waals surface area contributed by atoms with Gasteiger partial charge in [-0.15, -0.1) is 0 Å². The van der Waals surface area contributed by atoms with Crippen molar-refractivity contribution in [2.45, 2.75) is 20.8 Å². The summed E-state index contributed by atoms with van der Waals surface area (Å²) in [4.78, 5) is 12.6. The van der Waals surface area contributed by atoms with E-state index in [1.54, 1.807) is 0 Å². The Kier molecular flexibility index (Phi) is 8.23. The molecule has 2 nitrogen and oxygen atoms in total. The van der Waals surface area contributed by atoms with E-state index in [0.717, 1.165) is 0 Å². The van der Waals surface area contributed by atoms with Crippen molar-refractivity contribution >= 4 is 23.8 Å². The van der Waals surface area contributed by atoms with Crippen molar-refractivity contribution in [3.05, 3.63) is 96.4 Å². The first-order valence-electron chi connectivity index (χ1n) is 9.38. The zero-order valence-corrected chi connectivity index (χ0v) is 17.4. The Bertz CT molecular complexity index is 765. The van der Waals surface area contributed by atoms with Crippen LogP contribution in [-0.4, -0.2) is 18.7 Å². The standard InChI is InChI=1S/C24H29O2P/c1-4-13-21(3)14-12-19-27(20-24(25)26-5-2,22-15-8-6-9-16-22)23-17-10-7-11-18-23/h4,6-19,27H,5,20H2,1-3H3/b13-4-,19-12+,21-14-. The fraction of sp³-hybridized carbons (Fsp3) is 0.208. The van der Waals surface area contributed by atoms with Crippen molar-refractivity contribution in [2.24, 2.45) is 0 Å². The summed E-state index contributed by atoms with van der Waals surface area (Å²) in [7, 11) is -2.46. The van der Waals surface area contributed by atoms with Gasteiger partial charge in [0.2, 0.25) is 0 Å². The van der Waals surface area contributed by atoms with Crippen LogP contribution >= 0.6 is 7.26 Å². The first-order chi connectivity index (χ1) is 13.1. The molecule has 2 aromatic rings. The predicted molar refractivity (Wildman–Crippen MR) is 120 cm³/mol. The molecule has 2 aromatic carbocycles. The first-order valence-corrected chi connectivity index (χ1v) is 11.7. The van der Waals surface area contributed by atoms with Gasteiger partial charge in [-0.25, -0.2) is 0 Å². The third-order valence-electron chi connectivity index (χ3n) is 4.48. The van der Waals surface area contributed by atoms with E-state index in [4.69, 9.17) is 4.74 Å². The van der Waals surface area contributed by atoms with Crippen LogP contribution in [0.3, 0.4) is 0 Å². The van der Waals surface area contributed by atoms with E-state index in [2.05, 4.69) is 55.2 Å². The van der Waals surface area contributed by atoms with E-state index >= 15 is 0 Å². The number of hydrogen-bond acceptors (Lipinski definition) is 2. The zero-order chi connectivity index (χ0) is 19.5. The normalized spacial score (nSPS) is 13.2. The summed E-state index contributed by atoms with van der Waals surface area (Å²) < 4.78 is 5.34. The molecule has 0 radical (unpaired) electrons. The summed E-state index contributed by atoms with van der Waals surface area (Å²) in [5.74, 6) is 2.11. The summed E-state index contributed by atoms with van der Waals surface area (Å²) in [5, 5.41) is 2.41. The second-order valence-electron chi connectivity index (χ2n) is 6.46. The molecule has 0 aliphatic heterocycles. The number of carbonyl (C=O) groups excluding carboxylic acids is 1. The van der Waals surface area contributed by atoms with Crippen LogP contribution in [0.4, 0.5) is 0 Å². The summed E-state index contributed by atoms with van der Waals surface area (Å²) in [5.41, 5.74) is 1.17. The number of allylic oxidation sites excluding steroid dienone is 5. The molecule has 0 amide bonds. The third-order valence-corrected chi connectivity index (χ3v) is 8.81. The van der Waals surface area contributed by atoms with Crippen LogP contribution in [0.5, 0.6) is 0 Å². The van der Waals surface area contributed by atoms with Gasteiger partial charge in [0.15, 0.2) is 0 Å². The minimum atomic E-state index is -2.46. The zero-order valence-electron chi connectivity index (χ0n) is 16.4. The monoisotopic (exact) mass is 380 g/mol. The Morgan fingerprint density at radius 1 is 1.00 bits per heavy atom. The molecule has 0 aliphatic rings. The predicted octanol–water partition coefficient (Wildman–Crippen LogP) is 4.99. The number of hydrogen-bond donors (Lipinski definition) is 0. The molecule has 0 N–H and O–H groups in total. The summed E-state index contributed by atoms with van der Waals surface area (Å²) >= 11 is 0. The van der Waals surface area contributed by atoms with E-state index in [1.165, 1.54) is 16.2 Å². The van der Waals surface area contributed by atoms with Crippen LogP contribution in [0.25, 0.3) is 0 Å². The van der Waals surface area contributed by atoms with Crippen LogP contribution in [-0.2, 0) is 9.53 Å². The molecule has 0 spiro atoms. The SMILES string of the molecule is C\C=C/C(C)=C\C=C\[PH](CC(=O)OCC)(c1ccccc1)c1ccccc1. The molecule has 27 heavy (non-hydrogen) atoms.